The van der Waals surface area contributed by atoms with Crippen LogP contribution in [0.2, 0.25) is 5.02 Å². The Labute approximate surface area is 163 Å². The average Bonchev–Trinajstić information content (AvgIpc) is 3.11. The first-order valence-corrected chi connectivity index (χ1v) is 9.11. The number of ether oxygens (including phenoxy) is 2. The van der Waals surface area contributed by atoms with Crippen molar-refractivity contribution in [1.82, 2.24) is 5.32 Å². The Bertz CT molecular complexity index is 823. The topological polar surface area (TPSA) is 67.9 Å². The quantitative estimate of drug-likeness (QED) is 0.739. The molecule has 2 amide bonds. The number of anilines is 1. The molecule has 3 rings (SSSR count). The maximum Gasteiger partial charge on any atom is 0.251 e. The van der Waals surface area contributed by atoms with Crippen molar-refractivity contribution in [3.05, 3.63) is 53.1 Å². The highest BCUT2D eigenvalue weighted by molar-refractivity contribution is 6.34. The summed E-state index contributed by atoms with van der Waals surface area (Å²) in [5.41, 5.74) is 1.04. The van der Waals surface area contributed by atoms with Crippen LogP contribution in [0.1, 0.15) is 23.2 Å². The lowest BCUT2D eigenvalue weighted by Crippen LogP contribution is -2.29. The van der Waals surface area contributed by atoms with Crippen molar-refractivity contribution in [2.24, 2.45) is 0 Å². The Morgan fingerprint density at radius 2 is 1.93 bits per heavy atom. The third-order valence-electron chi connectivity index (χ3n) is 4.29. The van der Waals surface area contributed by atoms with Gasteiger partial charge in [0.05, 0.1) is 24.4 Å². The van der Waals surface area contributed by atoms with Crippen molar-refractivity contribution < 1.29 is 19.1 Å². The number of rotatable bonds is 7. The van der Waals surface area contributed by atoms with Crippen LogP contribution in [0, 0.1) is 0 Å². The number of hydrogen-bond acceptors (Lipinski definition) is 4. The van der Waals surface area contributed by atoms with Crippen LogP contribution >= 0.6 is 11.6 Å². The van der Waals surface area contributed by atoms with Crippen molar-refractivity contribution in [2.75, 3.05) is 31.7 Å². The van der Waals surface area contributed by atoms with Crippen molar-refractivity contribution >= 4 is 29.1 Å². The van der Waals surface area contributed by atoms with Crippen LogP contribution in [0.25, 0.3) is 0 Å². The maximum absolute atomic E-state index is 12.4. The lowest BCUT2D eigenvalue weighted by Gasteiger charge is -2.18. The van der Waals surface area contributed by atoms with Crippen molar-refractivity contribution in [2.45, 2.75) is 12.8 Å². The van der Waals surface area contributed by atoms with Crippen LogP contribution in [-0.4, -0.2) is 38.6 Å². The summed E-state index contributed by atoms with van der Waals surface area (Å²) in [6, 6.07) is 12.2. The molecule has 6 nitrogen and oxygen atoms in total. The summed E-state index contributed by atoms with van der Waals surface area (Å²) in [5.74, 6) is 1.25. The van der Waals surface area contributed by atoms with Crippen LogP contribution in [0.3, 0.4) is 0 Å². The van der Waals surface area contributed by atoms with Gasteiger partial charge in [-0.1, -0.05) is 11.6 Å². The number of amides is 2. The summed E-state index contributed by atoms with van der Waals surface area (Å²) in [4.78, 5) is 25.9. The molecular weight excluding hydrogens is 368 g/mol. The summed E-state index contributed by atoms with van der Waals surface area (Å²) in [7, 11) is 1.60. The SMILES string of the molecule is COc1ccc(OCCNC(=O)c2ccc(Cl)c(N3CCCC3=O)c2)cc1. The van der Waals surface area contributed by atoms with Gasteiger partial charge in [-0.05, 0) is 48.9 Å². The second kappa shape index (κ2) is 8.77. The van der Waals surface area contributed by atoms with Gasteiger partial charge in [0.2, 0.25) is 5.91 Å². The molecule has 2 aromatic carbocycles. The number of nitrogens with one attached hydrogen (secondary N) is 1. The minimum absolute atomic E-state index is 0.0300. The third kappa shape index (κ3) is 4.71. The zero-order valence-electron chi connectivity index (χ0n) is 15.0. The first-order chi connectivity index (χ1) is 13.1. The normalized spacial score (nSPS) is 13.6. The first kappa shape index (κ1) is 19.0. The smallest absolute Gasteiger partial charge is 0.251 e. The lowest BCUT2D eigenvalue weighted by atomic mass is 10.1. The van der Waals surface area contributed by atoms with Gasteiger partial charge < -0.3 is 19.7 Å². The fourth-order valence-corrected chi connectivity index (χ4v) is 3.09. The molecule has 2 aromatic rings. The van der Waals surface area contributed by atoms with E-state index >= 15 is 0 Å². The van der Waals surface area contributed by atoms with E-state index in [0.717, 1.165) is 12.2 Å². The van der Waals surface area contributed by atoms with Gasteiger partial charge in [-0.25, -0.2) is 0 Å². The predicted molar refractivity (Wildman–Crippen MR) is 104 cm³/mol. The van der Waals surface area contributed by atoms with Gasteiger partial charge in [0.1, 0.15) is 18.1 Å². The predicted octanol–water partition coefficient (Wildman–Crippen LogP) is 3.28. The Morgan fingerprint density at radius 3 is 2.59 bits per heavy atom. The van der Waals surface area contributed by atoms with Crippen molar-refractivity contribution in [3.8, 4) is 11.5 Å². The van der Waals surface area contributed by atoms with Gasteiger partial charge in [-0.3, -0.25) is 9.59 Å². The summed E-state index contributed by atoms with van der Waals surface area (Å²) in [6.45, 7) is 1.31. The molecule has 0 unspecified atom stereocenters. The molecule has 0 radical (unpaired) electrons. The number of nitrogens with zero attached hydrogens (tertiary/aromatic N) is 1. The second-order valence-corrected chi connectivity index (χ2v) is 6.50. The Balaban J connectivity index is 1.54. The Hall–Kier alpha value is -2.73. The lowest BCUT2D eigenvalue weighted by molar-refractivity contribution is -0.117. The van der Waals surface area contributed by atoms with Gasteiger partial charge in [0, 0.05) is 18.5 Å². The molecule has 1 fully saturated rings. The van der Waals surface area contributed by atoms with Gasteiger partial charge in [0.15, 0.2) is 0 Å². The zero-order valence-corrected chi connectivity index (χ0v) is 15.8. The highest BCUT2D eigenvalue weighted by Crippen LogP contribution is 2.30. The number of halogens is 1. The molecule has 0 atom stereocenters. The highest BCUT2D eigenvalue weighted by Gasteiger charge is 2.24. The van der Waals surface area contributed by atoms with E-state index in [-0.39, 0.29) is 11.8 Å². The van der Waals surface area contributed by atoms with E-state index < -0.39 is 0 Å². The molecule has 1 saturated heterocycles. The fourth-order valence-electron chi connectivity index (χ4n) is 2.87. The number of benzene rings is 2. The summed E-state index contributed by atoms with van der Waals surface area (Å²) in [5, 5.41) is 3.27. The van der Waals surface area contributed by atoms with Gasteiger partial charge >= 0.3 is 0 Å². The monoisotopic (exact) mass is 388 g/mol. The van der Waals surface area contributed by atoms with Crippen LogP contribution in [-0.2, 0) is 4.79 Å². The molecule has 7 heteroatoms. The van der Waals surface area contributed by atoms with Gasteiger partial charge in [0.25, 0.3) is 5.91 Å². The van der Waals surface area contributed by atoms with E-state index in [2.05, 4.69) is 5.32 Å². The van der Waals surface area contributed by atoms with Gasteiger partial charge in [-0.15, -0.1) is 0 Å². The molecule has 1 aliphatic heterocycles. The number of carbonyl (C=O) groups excluding carboxylic acids is 2. The van der Waals surface area contributed by atoms with Crippen LogP contribution in [0.15, 0.2) is 42.5 Å². The molecule has 142 valence electrons. The molecular formula is C20H21ClN2O4. The van der Waals surface area contributed by atoms with Crippen molar-refractivity contribution in [3.63, 3.8) is 0 Å². The molecule has 1 aliphatic rings. The van der Waals surface area contributed by atoms with E-state index in [1.54, 1.807) is 42.3 Å². The molecule has 0 aromatic heterocycles. The minimum atomic E-state index is -0.238. The van der Waals surface area contributed by atoms with Crippen LogP contribution in [0.5, 0.6) is 11.5 Å². The first-order valence-electron chi connectivity index (χ1n) is 8.73. The standard InChI is InChI=1S/C20H21ClN2O4/c1-26-15-5-7-16(8-6-15)27-12-10-22-20(25)14-4-9-17(21)18(13-14)23-11-2-3-19(23)24/h4-9,13H,2-3,10-12H2,1H3,(H,22,25). The van der Waals surface area contributed by atoms with Gasteiger partial charge in [-0.2, -0.15) is 0 Å². The number of methoxy groups -OCH3 is 1. The zero-order chi connectivity index (χ0) is 19.2. The van der Waals surface area contributed by atoms with E-state index in [9.17, 15) is 9.59 Å². The van der Waals surface area contributed by atoms with E-state index in [1.165, 1.54) is 0 Å². The second-order valence-electron chi connectivity index (χ2n) is 6.10. The number of carbonyl (C=O) groups is 2. The average molecular weight is 389 g/mol. The molecule has 1 N–H and O–H groups in total. The van der Waals surface area contributed by atoms with Crippen LogP contribution in [0.4, 0.5) is 5.69 Å². The largest absolute Gasteiger partial charge is 0.497 e. The summed E-state index contributed by atoms with van der Waals surface area (Å²) >= 11 is 6.21. The van der Waals surface area contributed by atoms with E-state index in [4.69, 9.17) is 21.1 Å². The maximum atomic E-state index is 12.4. The third-order valence-corrected chi connectivity index (χ3v) is 4.61. The van der Waals surface area contributed by atoms with Crippen LogP contribution < -0.4 is 19.7 Å². The minimum Gasteiger partial charge on any atom is -0.497 e. The molecule has 27 heavy (non-hydrogen) atoms. The molecule has 1 heterocycles. The molecule has 0 aliphatic carbocycles. The van der Waals surface area contributed by atoms with E-state index in [0.29, 0.717) is 48.1 Å². The molecule has 0 saturated carbocycles. The highest BCUT2D eigenvalue weighted by atomic mass is 35.5. The Morgan fingerprint density at radius 1 is 1.19 bits per heavy atom. The Kier molecular flexibility index (Phi) is 6.19. The molecule has 0 spiro atoms. The fraction of sp³-hybridized carbons (Fsp3) is 0.300. The summed E-state index contributed by atoms with van der Waals surface area (Å²) in [6.07, 6.45) is 1.31. The summed E-state index contributed by atoms with van der Waals surface area (Å²) < 4.78 is 10.7. The number of hydrogen-bond donors (Lipinski definition) is 1. The van der Waals surface area contributed by atoms with Crippen molar-refractivity contribution in [1.29, 1.82) is 0 Å². The van der Waals surface area contributed by atoms with E-state index in [1.807, 2.05) is 12.1 Å². The molecule has 0 bridgehead atoms.